The molecule has 3 aromatic rings. The molecule has 2 heterocycles. The molecule has 156 valence electrons. The van der Waals surface area contributed by atoms with E-state index in [0.717, 1.165) is 50.6 Å². The number of hydrogen-bond donors (Lipinski definition) is 1. The second-order valence-corrected chi connectivity index (χ2v) is 8.51. The number of anilines is 1. The molecule has 1 aliphatic rings. The van der Waals surface area contributed by atoms with Gasteiger partial charge in [0.1, 0.15) is 5.69 Å². The highest BCUT2D eigenvalue weighted by Gasteiger charge is 2.17. The normalized spacial score (nSPS) is 14.6. The van der Waals surface area contributed by atoms with E-state index in [2.05, 4.69) is 62.6 Å². The van der Waals surface area contributed by atoms with E-state index >= 15 is 0 Å². The van der Waals surface area contributed by atoms with Crippen LogP contribution in [0.25, 0.3) is 0 Å². The Morgan fingerprint density at radius 3 is 2.40 bits per heavy atom. The van der Waals surface area contributed by atoms with Crippen LogP contribution in [0.5, 0.6) is 0 Å². The Bertz CT molecular complexity index is 921. The first-order valence-electron chi connectivity index (χ1n) is 10.6. The van der Waals surface area contributed by atoms with E-state index in [1.54, 1.807) is 11.3 Å². The molecule has 1 fully saturated rings. The number of nitrogens with zero attached hydrogens (tertiary/aromatic N) is 3. The van der Waals surface area contributed by atoms with Crippen molar-refractivity contribution in [1.29, 1.82) is 0 Å². The Kier molecular flexibility index (Phi) is 7.11. The summed E-state index contributed by atoms with van der Waals surface area (Å²) >= 11 is 1.55. The van der Waals surface area contributed by atoms with Crippen LogP contribution >= 0.6 is 11.3 Å². The summed E-state index contributed by atoms with van der Waals surface area (Å²) in [6.07, 6.45) is 1.73. The first kappa shape index (κ1) is 20.6. The van der Waals surface area contributed by atoms with Crippen molar-refractivity contribution in [3.8, 4) is 0 Å². The average Bonchev–Trinajstić information content (AvgIpc) is 3.27. The lowest BCUT2D eigenvalue weighted by atomic mass is 10.2. The molecule has 0 spiro atoms. The van der Waals surface area contributed by atoms with Gasteiger partial charge in [-0.2, -0.15) is 0 Å². The van der Waals surface area contributed by atoms with Crippen molar-refractivity contribution in [3.05, 3.63) is 82.3 Å². The number of thiazole rings is 1. The fourth-order valence-electron chi connectivity index (χ4n) is 3.73. The highest BCUT2D eigenvalue weighted by Crippen LogP contribution is 2.16. The number of hydrogen-bond acceptors (Lipinski definition) is 5. The Hall–Kier alpha value is -2.70. The summed E-state index contributed by atoms with van der Waals surface area (Å²) in [5.41, 5.74) is 3.05. The second-order valence-electron chi connectivity index (χ2n) is 7.56. The third-order valence-electron chi connectivity index (χ3n) is 5.41. The van der Waals surface area contributed by atoms with Crippen LogP contribution in [0.1, 0.15) is 27.5 Å². The van der Waals surface area contributed by atoms with Crippen molar-refractivity contribution < 1.29 is 4.79 Å². The van der Waals surface area contributed by atoms with Gasteiger partial charge in [0.2, 0.25) is 0 Å². The number of rotatable bonds is 8. The van der Waals surface area contributed by atoms with Crippen LogP contribution < -0.4 is 10.2 Å². The zero-order valence-electron chi connectivity index (χ0n) is 17.2. The van der Waals surface area contributed by atoms with Crippen LogP contribution in [-0.4, -0.2) is 55.1 Å². The Balaban J connectivity index is 1.14. The van der Waals surface area contributed by atoms with E-state index in [0.29, 0.717) is 12.2 Å². The molecule has 1 saturated heterocycles. The van der Waals surface area contributed by atoms with Gasteiger partial charge in [0.25, 0.3) is 5.91 Å². The van der Waals surface area contributed by atoms with Gasteiger partial charge in [0.15, 0.2) is 0 Å². The minimum absolute atomic E-state index is 0.0699. The van der Waals surface area contributed by atoms with Gasteiger partial charge in [0, 0.05) is 50.2 Å². The number of carbonyl (C=O) groups is 1. The van der Waals surface area contributed by atoms with Crippen LogP contribution in [0, 0.1) is 0 Å². The number of aromatic nitrogens is 1. The molecular weight excluding hydrogens is 392 g/mol. The summed E-state index contributed by atoms with van der Waals surface area (Å²) < 4.78 is 0. The maximum absolute atomic E-state index is 12.4. The Labute approximate surface area is 182 Å². The van der Waals surface area contributed by atoms with E-state index in [1.165, 1.54) is 11.3 Å². The van der Waals surface area contributed by atoms with Crippen LogP contribution in [0.15, 0.2) is 66.0 Å². The van der Waals surface area contributed by atoms with Crippen LogP contribution in [0.3, 0.4) is 0 Å². The molecule has 0 unspecified atom stereocenters. The Morgan fingerprint density at radius 2 is 1.67 bits per heavy atom. The van der Waals surface area contributed by atoms with Crippen molar-refractivity contribution in [1.82, 2.24) is 15.2 Å². The number of para-hydroxylation sites is 1. The number of amides is 1. The summed E-state index contributed by atoms with van der Waals surface area (Å²) in [4.78, 5) is 21.8. The summed E-state index contributed by atoms with van der Waals surface area (Å²) in [5.74, 6) is -0.0699. The van der Waals surface area contributed by atoms with Crippen molar-refractivity contribution in [2.45, 2.75) is 12.8 Å². The summed E-state index contributed by atoms with van der Waals surface area (Å²) in [6, 6.07) is 20.8. The van der Waals surface area contributed by atoms with Gasteiger partial charge in [-0.3, -0.25) is 9.69 Å². The van der Waals surface area contributed by atoms with Gasteiger partial charge < -0.3 is 10.2 Å². The van der Waals surface area contributed by atoms with E-state index in [9.17, 15) is 4.79 Å². The average molecular weight is 421 g/mol. The molecule has 2 aromatic carbocycles. The maximum Gasteiger partial charge on any atom is 0.270 e. The van der Waals surface area contributed by atoms with Crippen molar-refractivity contribution in [2.75, 3.05) is 44.2 Å². The molecule has 1 amide bonds. The highest BCUT2D eigenvalue weighted by atomic mass is 32.1. The minimum atomic E-state index is -0.0699. The van der Waals surface area contributed by atoms with Crippen LogP contribution in [0.4, 0.5) is 5.69 Å². The molecule has 6 heteroatoms. The minimum Gasteiger partial charge on any atom is -0.369 e. The lowest BCUT2D eigenvalue weighted by Gasteiger charge is -2.36. The molecular formula is C24H28N4OS. The van der Waals surface area contributed by atoms with Gasteiger partial charge >= 0.3 is 0 Å². The van der Waals surface area contributed by atoms with Crippen molar-refractivity contribution in [2.24, 2.45) is 0 Å². The van der Waals surface area contributed by atoms with Gasteiger partial charge in [-0.15, -0.1) is 11.3 Å². The fraction of sp³-hybridized carbons (Fsp3) is 0.333. The standard InChI is InChI=1S/C24H28N4OS/c29-24(22-19-30-23(26-22)18-20-8-3-1-4-9-20)25-12-7-13-27-14-16-28(17-15-27)21-10-5-2-6-11-21/h1-6,8-11,19H,7,12-18H2,(H,25,29). The Morgan fingerprint density at radius 1 is 0.967 bits per heavy atom. The highest BCUT2D eigenvalue weighted by molar-refractivity contribution is 7.09. The first-order valence-corrected chi connectivity index (χ1v) is 11.4. The lowest BCUT2D eigenvalue weighted by molar-refractivity contribution is 0.0947. The number of piperazine rings is 1. The molecule has 30 heavy (non-hydrogen) atoms. The zero-order chi connectivity index (χ0) is 20.6. The summed E-state index contributed by atoms with van der Waals surface area (Å²) in [6.45, 7) is 5.94. The third kappa shape index (κ3) is 5.68. The molecule has 1 aliphatic heterocycles. The first-order chi connectivity index (χ1) is 14.8. The molecule has 0 radical (unpaired) electrons. The molecule has 1 N–H and O–H groups in total. The molecule has 0 atom stereocenters. The molecule has 4 rings (SSSR count). The second kappa shape index (κ2) is 10.4. The van der Waals surface area contributed by atoms with Gasteiger partial charge in [-0.05, 0) is 30.7 Å². The predicted molar refractivity (Wildman–Crippen MR) is 123 cm³/mol. The molecule has 1 aromatic heterocycles. The summed E-state index contributed by atoms with van der Waals surface area (Å²) in [5, 5.41) is 5.85. The largest absolute Gasteiger partial charge is 0.369 e. The number of benzene rings is 2. The zero-order valence-corrected chi connectivity index (χ0v) is 18.0. The van der Waals surface area contributed by atoms with Crippen LogP contribution in [-0.2, 0) is 6.42 Å². The van der Waals surface area contributed by atoms with Gasteiger partial charge in [0.05, 0.1) is 5.01 Å². The van der Waals surface area contributed by atoms with E-state index < -0.39 is 0 Å². The third-order valence-corrected chi connectivity index (χ3v) is 6.26. The smallest absolute Gasteiger partial charge is 0.270 e. The number of carbonyl (C=O) groups excluding carboxylic acids is 1. The maximum atomic E-state index is 12.4. The molecule has 0 bridgehead atoms. The van der Waals surface area contributed by atoms with E-state index in [4.69, 9.17) is 0 Å². The monoisotopic (exact) mass is 420 g/mol. The fourth-order valence-corrected chi connectivity index (χ4v) is 4.54. The van der Waals surface area contributed by atoms with Crippen LogP contribution in [0.2, 0.25) is 0 Å². The quantitative estimate of drug-likeness (QED) is 0.565. The van der Waals surface area contributed by atoms with E-state index in [-0.39, 0.29) is 5.91 Å². The van der Waals surface area contributed by atoms with Crippen molar-refractivity contribution in [3.63, 3.8) is 0 Å². The predicted octanol–water partition coefficient (Wildman–Crippen LogP) is 3.68. The molecule has 0 aliphatic carbocycles. The van der Waals surface area contributed by atoms with Gasteiger partial charge in [-0.25, -0.2) is 4.98 Å². The topological polar surface area (TPSA) is 48.5 Å². The summed E-state index contributed by atoms with van der Waals surface area (Å²) in [7, 11) is 0. The van der Waals surface area contributed by atoms with E-state index in [1.807, 2.05) is 23.6 Å². The SMILES string of the molecule is O=C(NCCCN1CCN(c2ccccc2)CC1)c1csc(Cc2ccccc2)n1. The number of nitrogens with one attached hydrogen (secondary N) is 1. The molecule has 5 nitrogen and oxygen atoms in total. The van der Waals surface area contributed by atoms with Gasteiger partial charge in [-0.1, -0.05) is 48.5 Å². The molecule has 0 saturated carbocycles. The van der Waals surface area contributed by atoms with Crippen molar-refractivity contribution >= 4 is 22.9 Å². The lowest BCUT2D eigenvalue weighted by Crippen LogP contribution is -2.47.